The zero-order chi connectivity index (χ0) is 16.1. The number of phenols is 1. The van der Waals surface area contributed by atoms with Crippen molar-refractivity contribution in [2.45, 2.75) is 26.1 Å². The number of amides is 1. The Bertz CT molecular complexity index is 799. The first-order valence-corrected chi connectivity index (χ1v) is 8.54. The molecule has 5 nitrogen and oxygen atoms in total. The third kappa shape index (κ3) is 2.38. The molecule has 1 atom stereocenters. The van der Waals surface area contributed by atoms with Crippen LogP contribution in [0.2, 0.25) is 0 Å². The van der Waals surface area contributed by atoms with E-state index in [0.29, 0.717) is 5.56 Å². The number of hydrogen-bond acceptors (Lipinski definition) is 5. The number of nitrogens with zero attached hydrogens (tertiary/aromatic N) is 1. The quantitative estimate of drug-likeness (QED) is 0.752. The van der Waals surface area contributed by atoms with Crippen molar-refractivity contribution < 1.29 is 9.90 Å². The van der Waals surface area contributed by atoms with E-state index >= 15 is 0 Å². The van der Waals surface area contributed by atoms with Crippen molar-refractivity contribution in [1.82, 2.24) is 10.2 Å². The number of thiophene rings is 1. The van der Waals surface area contributed by atoms with Crippen molar-refractivity contribution in [3.05, 3.63) is 45.3 Å². The first kappa shape index (κ1) is 14.5. The lowest BCUT2D eigenvalue weighted by molar-refractivity contribution is 0.0934. The molecule has 0 radical (unpaired) electrons. The molecule has 1 amide bonds. The van der Waals surface area contributed by atoms with E-state index in [1.165, 1.54) is 10.4 Å². The maximum Gasteiger partial charge on any atom is 0.256 e. The van der Waals surface area contributed by atoms with Gasteiger partial charge in [0.15, 0.2) is 0 Å². The summed E-state index contributed by atoms with van der Waals surface area (Å²) in [5, 5.41) is 17.5. The lowest BCUT2D eigenvalue weighted by atomic mass is 10.00. The molecule has 23 heavy (non-hydrogen) atoms. The van der Waals surface area contributed by atoms with E-state index in [4.69, 9.17) is 0 Å². The Morgan fingerprint density at radius 3 is 2.96 bits per heavy atom. The Kier molecular flexibility index (Phi) is 3.32. The summed E-state index contributed by atoms with van der Waals surface area (Å²) in [7, 11) is 2.10. The van der Waals surface area contributed by atoms with Gasteiger partial charge >= 0.3 is 0 Å². The van der Waals surface area contributed by atoms with Crippen LogP contribution in [0.15, 0.2) is 18.2 Å². The molecule has 120 valence electrons. The van der Waals surface area contributed by atoms with Crippen LogP contribution >= 0.6 is 11.3 Å². The second-order valence-corrected chi connectivity index (χ2v) is 7.41. The molecule has 1 aromatic carbocycles. The predicted octanol–water partition coefficient (Wildman–Crippen LogP) is 2.60. The van der Waals surface area contributed by atoms with Gasteiger partial charge in [-0.25, -0.2) is 0 Å². The summed E-state index contributed by atoms with van der Waals surface area (Å²) >= 11 is 1.66. The van der Waals surface area contributed by atoms with Crippen molar-refractivity contribution in [3.8, 4) is 5.75 Å². The predicted molar refractivity (Wildman–Crippen MR) is 91.0 cm³/mol. The Morgan fingerprint density at radius 1 is 1.35 bits per heavy atom. The highest BCUT2D eigenvalue weighted by Crippen LogP contribution is 2.41. The Hall–Kier alpha value is -2.05. The van der Waals surface area contributed by atoms with Crippen LogP contribution in [-0.2, 0) is 13.0 Å². The first-order valence-electron chi connectivity index (χ1n) is 7.73. The molecular formula is C17H19N3O2S. The molecule has 2 aliphatic heterocycles. The van der Waals surface area contributed by atoms with Gasteiger partial charge in [-0.15, -0.1) is 11.3 Å². The fourth-order valence-electron chi connectivity index (χ4n) is 3.30. The fourth-order valence-corrected chi connectivity index (χ4v) is 4.65. The molecule has 4 rings (SSSR count). The topological polar surface area (TPSA) is 64.6 Å². The maximum absolute atomic E-state index is 12.6. The van der Waals surface area contributed by atoms with Gasteiger partial charge in [-0.1, -0.05) is 12.1 Å². The van der Waals surface area contributed by atoms with Crippen LogP contribution in [0.25, 0.3) is 0 Å². The number of rotatable bonds is 1. The maximum atomic E-state index is 12.6. The van der Waals surface area contributed by atoms with E-state index in [9.17, 15) is 9.90 Å². The minimum atomic E-state index is -0.395. The number of aryl methyl sites for hydroxylation is 1. The largest absolute Gasteiger partial charge is 0.508 e. The van der Waals surface area contributed by atoms with Crippen molar-refractivity contribution in [2.24, 2.45) is 0 Å². The molecule has 2 aromatic rings. The third-order valence-corrected chi connectivity index (χ3v) is 5.67. The number of nitrogens with one attached hydrogen (secondary N) is 2. The van der Waals surface area contributed by atoms with Crippen molar-refractivity contribution in [2.75, 3.05) is 18.9 Å². The van der Waals surface area contributed by atoms with E-state index in [2.05, 4.69) is 22.6 Å². The number of carbonyl (C=O) groups is 1. The highest BCUT2D eigenvalue weighted by molar-refractivity contribution is 7.16. The lowest BCUT2D eigenvalue weighted by Gasteiger charge is -2.27. The van der Waals surface area contributed by atoms with Crippen LogP contribution in [0.3, 0.4) is 0 Å². The minimum Gasteiger partial charge on any atom is -0.508 e. The zero-order valence-electron chi connectivity index (χ0n) is 13.1. The van der Waals surface area contributed by atoms with Crippen LogP contribution in [0.4, 0.5) is 5.00 Å². The van der Waals surface area contributed by atoms with Gasteiger partial charge in [-0.2, -0.15) is 0 Å². The lowest BCUT2D eigenvalue weighted by Crippen LogP contribution is -2.38. The third-order valence-electron chi connectivity index (χ3n) is 4.52. The molecule has 2 aliphatic rings. The van der Waals surface area contributed by atoms with E-state index < -0.39 is 6.17 Å². The monoisotopic (exact) mass is 329 g/mol. The number of benzene rings is 1. The van der Waals surface area contributed by atoms with Crippen molar-refractivity contribution >= 4 is 22.2 Å². The number of likely N-dealkylation sites (N-methyl/N-ethyl adjacent to an activating group) is 1. The van der Waals surface area contributed by atoms with Crippen LogP contribution in [0, 0.1) is 6.92 Å². The zero-order valence-corrected chi connectivity index (χ0v) is 14.0. The van der Waals surface area contributed by atoms with Crippen LogP contribution in [0.5, 0.6) is 5.75 Å². The standard InChI is InChI=1S/C17H19N3O2S/c1-9-3-4-10(12(21)7-9)15-18-16(22)14-11-5-6-20(2)8-13(11)23-17(14)19-15/h3-4,7,15,19,21H,5-6,8H2,1-2H3,(H,18,22)/t15-/m0/s1. The average molecular weight is 329 g/mol. The van der Waals surface area contributed by atoms with E-state index in [1.807, 2.05) is 19.1 Å². The smallest absolute Gasteiger partial charge is 0.256 e. The highest BCUT2D eigenvalue weighted by Gasteiger charge is 2.33. The van der Waals surface area contributed by atoms with E-state index in [1.54, 1.807) is 17.4 Å². The normalized spacial score (nSPS) is 20.4. The van der Waals surface area contributed by atoms with E-state index in [-0.39, 0.29) is 11.7 Å². The highest BCUT2D eigenvalue weighted by atomic mass is 32.1. The molecule has 6 heteroatoms. The summed E-state index contributed by atoms with van der Waals surface area (Å²) in [6.45, 7) is 3.80. The molecule has 0 saturated heterocycles. The molecule has 1 aromatic heterocycles. The van der Waals surface area contributed by atoms with Crippen molar-refractivity contribution in [1.29, 1.82) is 0 Å². The number of anilines is 1. The molecule has 3 heterocycles. The minimum absolute atomic E-state index is 0.0502. The van der Waals surface area contributed by atoms with E-state index in [0.717, 1.165) is 35.6 Å². The van der Waals surface area contributed by atoms with Gasteiger partial charge in [0, 0.05) is 23.5 Å². The Balaban J connectivity index is 1.71. The summed E-state index contributed by atoms with van der Waals surface area (Å²) in [6, 6.07) is 5.51. The average Bonchev–Trinajstić information content (AvgIpc) is 2.84. The van der Waals surface area contributed by atoms with Gasteiger partial charge < -0.3 is 20.6 Å². The van der Waals surface area contributed by atoms with Gasteiger partial charge in [0.25, 0.3) is 5.91 Å². The van der Waals surface area contributed by atoms with Crippen LogP contribution in [0.1, 0.15) is 38.1 Å². The number of phenolic OH excluding ortho intramolecular Hbond substituents is 1. The number of carbonyl (C=O) groups excluding carboxylic acids is 1. The first-order chi connectivity index (χ1) is 11.0. The summed E-state index contributed by atoms with van der Waals surface area (Å²) in [4.78, 5) is 16.2. The van der Waals surface area contributed by atoms with Gasteiger partial charge in [-0.3, -0.25) is 4.79 Å². The fraction of sp³-hybridized carbons (Fsp3) is 0.353. The summed E-state index contributed by atoms with van der Waals surface area (Å²) in [6.07, 6.45) is 0.515. The molecule has 0 fully saturated rings. The second-order valence-electron chi connectivity index (χ2n) is 6.31. The van der Waals surface area contributed by atoms with Gasteiger partial charge in [0.05, 0.1) is 5.56 Å². The molecule has 0 aliphatic carbocycles. The van der Waals surface area contributed by atoms with Gasteiger partial charge in [0.1, 0.15) is 16.9 Å². The molecule has 0 saturated carbocycles. The summed E-state index contributed by atoms with van der Waals surface area (Å²) in [5.41, 5.74) is 3.66. The Morgan fingerprint density at radius 2 is 2.17 bits per heavy atom. The molecular weight excluding hydrogens is 310 g/mol. The molecule has 0 spiro atoms. The Labute approximate surface area is 138 Å². The van der Waals surface area contributed by atoms with Crippen LogP contribution in [-0.4, -0.2) is 29.5 Å². The number of fused-ring (bicyclic) bond motifs is 3. The van der Waals surface area contributed by atoms with Crippen molar-refractivity contribution in [3.63, 3.8) is 0 Å². The number of aromatic hydroxyl groups is 1. The van der Waals surface area contributed by atoms with Crippen LogP contribution < -0.4 is 10.6 Å². The molecule has 0 bridgehead atoms. The SMILES string of the molecule is Cc1ccc([C@H]2NC(=O)c3c(sc4c3CCN(C)C4)N2)c(O)c1. The summed E-state index contributed by atoms with van der Waals surface area (Å²) in [5.74, 6) is 0.151. The summed E-state index contributed by atoms with van der Waals surface area (Å²) < 4.78 is 0. The number of hydrogen-bond donors (Lipinski definition) is 3. The second kappa shape index (κ2) is 5.25. The van der Waals surface area contributed by atoms with Gasteiger partial charge in [-0.05, 0) is 37.6 Å². The molecule has 3 N–H and O–H groups in total. The molecule has 0 unspecified atom stereocenters. The van der Waals surface area contributed by atoms with Gasteiger partial charge in [0.2, 0.25) is 0 Å².